The molecular weight excluding hydrogens is 240 g/mol. The SMILES string of the molecule is CCCc1c(NCC)ncnc1N(CC)CCOC. The third-order valence-corrected chi connectivity index (χ3v) is 3.01. The number of nitrogens with zero attached hydrogens (tertiary/aromatic N) is 3. The van der Waals surface area contributed by atoms with Crippen LogP contribution in [0.1, 0.15) is 32.8 Å². The second-order valence-corrected chi connectivity index (χ2v) is 4.38. The zero-order chi connectivity index (χ0) is 14.1. The van der Waals surface area contributed by atoms with Crippen molar-refractivity contribution in [2.75, 3.05) is 43.6 Å². The highest BCUT2D eigenvalue weighted by atomic mass is 16.5. The molecule has 0 fully saturated rings. The minimum Gasteiger partial charge on any atom is -0.383 e. The van der Waals surface area contributed by atoms with E-state index in [-0.39, 0.29) is 0 Å². The molecular formula is C14H26N4O. The van der Waals surface area contributed by atoms with E-state index in [1.807, 2.05) is 0 Å². The minimum absolute atomic E-state index is 0.708. The lowest BCUT2D eigenvalue weighted by molar-refractivity contribution is 0.205. The van der Waals surface area contributed by atoms with Crippen molar-refractivity contribution in [2.45, 2.75) is 33.6 Å². The highest BCUT2D eigenvalue weighted by molar-refractivity contribution is 5.58. The number of methoxy groups -OCH3 is 1. The molecule has 0 atom stereocenters. The molecule has 0 bridgehead atoms. The second-order valence-electron chi connectivity index (χ2n) is 4.38. The Labute approximate surface area is 116 Å². The molecule has 0 aliphatic carbocycles. The van der Waals surface area contributed by atoms with Crippen molar-refractivity contribution in [1.82, 2.24) is 9.97 Å². The van der Waals surface area contributed by atoms with Crippen LogP contribution in [0.4, 0.5) is 11.6 Å². The van der Waals surface area contributed by atoms with Gasteiger partial charge < -0.3 is 15.0 Å². The van der Waals surface area contributed by atoms with Crippen molar-refractivity contribution in [3.8, 4) is 0 Å². The standard InChI is InChI=1S/C14H26N4O/c1-5-8-12-13(15-6-2)16-11-17-14(12)18(7-3)9-10-19-4/h11H,5-10H2,1-4H3,(H,15,16,17). The van der Waals surface area contributed by atoms with Gasteiger partial charge in [0.05, 0.1) is 6.61 Å². The molecule has 1 aromatic heterocycles. The first-order valence-corrected chi connectivity index (χ1v) is 7.10. The molecule has 1 heterocycles. The van der Waals surface area contributed by atoms with Gasteiger partial charge in [0.1, 0.15) is 18.0 Å². The van der Waals surface area contributed by atoms with Crippen LogP contribution < -0.4 is 10.2 Å². The van der Waals surface area contributed by atoms with Crippen LogP contribution in [0.25, 0.3) is 0 Å². The topological polar surface area (TPSA) is 50.3 Å². The van der Waals surface area contributed by atoms with E-state index in [9.17, 15) is 0 Å². The summed E-state index contributed by atoms with van der Waals surface area (Å²) in [4.78, 5) is 11.1. The summed E-state index contributed by atoms with van der Waals surface area (Å²) in [6, 6.07) is 0. The van der Waals surface area contributed by atoms with Crippen LogP contribution in [-0.2, 0) is 11.2 Å². The van der Waals surface area contributed by atoms with Crippen molar-refractivity contribution in [2.24, 2.45) is 0 Å². The Morgan fingerprint density at radius 2 is 2.05 bits per heavy atom. The molecule has 0 unspecified atom stereocenters. The lowest BCUT2D eigenvalue weighted by Gasteiger charge is -2.25. The molecule has 5 nitrogen and oxygen atoms in total. The average molecular weight is 266 g/mol. The lowest BCUT2D eigenvalue weighted by Crippen LogP contribution is -2.29. The van der Waals surface area contributed by atoms with E-state index < -0.39 is 0 Å². The number of rotatable bonds is 9. The molecule has 1 aromatic rings. The maximum atomic E-state index is 5.17. The van der Waals surface area contributed by atoms with Gasteiger partial charge in [0.15, 0.2) is 0 Å². The number of hydrogen-bond donors (Lipinski definition) is 1. The number of ether oxygens (including phenoxy) is 1. The summed E-state index contributed by atoms with van der Waals surface area (Å²) in [6.07, 6.45) is 3.71. The van der Waals surface area contributed by atoms with E-state index >= 15 is 0 Å². The van der Waals surface area contributed by atoms with Crippen molar-refractivity contribution in [1.29, 1.82) is 0 Å². The fraction of sp³-hybridized carbons (Fsp3) is 0.714. The normalized spacial score (nSPS) is 10.5. The van der Waals surface area contributed by atoms with Gasteiger partial charge in [-0.15, -0.1) is 0 Å². The van der Waals surface area contributed by atoms with E-state index in [1.165, 1.54) is 5.56 Å². The van der Waals surface area contributed by atoms with Crippen LogP contribution in [0.5, 0.6) is 0 Å². The number of likely N-dealkylation sites (N-methyl/N-ethyl adjacent to an activating group) is 1. The van der Waals surface area contributed by atoms with Gasteiger partial charge >= 0.3 is 0 Å². The molecule has 0 amide bonds. The second kappa shape index (κ2) is 8.69. The average Bonchev–Trinajstić information content (AvgIpc) is 2.43. The van der Waals surface area contributed by atoms with Gasteiger partial charge in [0, 0.05) is 32.3 Å². The van der Waals surface area contributed by atoms with Gasteiger partial charge in [-0.1, -0.05) is 13.3 Å². The summed E-state index contributed by atoms with van der Waals surface area (Å²) in [5.74, 6) is 2.00. The maximum absolute atomic E-state index is 5.17. The molecule has 108 valence electrons. The Morgan fingerprint density at radius 1 is 1.26 bits per heavy atom. The fourth-order valence-electron chi connectivity index (χ4n) is 2.09. The van der Waals surface area contributed by atoms with Crippen molar-refractivity contribution in [3.63, 3.8) is 0 Å². The summed E-state index contributed by atoms with van der Waals surface area (Å²) in [5, 5.41) is 3.33. The lowest BCUT2D eigenvalue weighted by atomic mass is 10.1. The van der Waals surface area contributed by atoms with Gasteiger partial charge in [-0.05, 0) is 20.3 Å². The largest absolute Gasteiger partial charge is 0.383 e. The van der Waals surface area contributed by atoms with Crippen LogP contribution >= 0.6 is 0 Å². The van der Waals surface area contributed by atoms with E-state index in [0.717, 1.165) is 44.1 Å². The molecule has 5 heteroatoms. The monoisotopic (exact) mass is 266 g/mol. The fourth-order valence-corrected chi connectivity index (χ4v) is 2.09. The van der Waals surface area contributed by atoms with Crippen molar-refractivity contribution in [3.05, 3.63) is 11.9 Å². The number of hydrogen-bond acceptors (Lipinski definition) is 5. The summed E-state index contributed by atoms with van der Waals surface area (Å²) >= 11 is 0. The number of anilines is 2. The summed E-state index contributed by atoms with van der Waals surface area (Å²) in [7, 11) is 1.73. The maximum Gasteiger partial charge on any atom is 0.137 e. The summed E-state index contributed by atoms with van der Waals surface area (Å²) < 4.78 is 5.17. The first-order valence-electron chi connectivity index (χ1n) is 7.10. The molecule has 0 aliphatic rings. The van der Waals surface area contributed by atoms with Crippen LogP contribution in [0, 0.1) is 0 Å². The third-order valence-electron chi connectivity index (χ3n) is 3.01. The summed E-state index contributed by atoms with van der Waals surface area (Å²) in [6.45, 7) is 9.75. The van der Waals surface area contributed by atoms with Gasteiger partial charge in [0.25, 0.3) is 0 Å². The molecule has 0 aliphatic heterocycles. The Bertz CT molecular complexity index is 370. The molecule has 0 saturated heterocycles. The molecule has 0 radical (unpaired) electrons. The van der Waals surface area contributed by atoms with E-state index in [1.54, 1.807) is 13.4 Å². The Hall–Kier alpha value is -1.36. The van der Waals surface area contributed by atoms with Gasteiger partial charge in [-0.25, -0.2) is 9.97 Å². The van der Waals surface area contributed by atoms with Crippen molar-refractivity contribution >= 4 is 11.6 Å². The first kappa shape index (κ1) is 15.7. The highest BCUT2D eigenvalue weighted by Gasteiger charge is 2.15. The minimum atomic E-state index is 0.708. The Morgan fingerprint density at radius 3 is 2.63 bits per heavy atom. The van der Waals surface area contributed by atoms with Crippen LogP contribution in [0.2, 0.25) is 0 Å². The predicted octanol–water partition coefficient (Wildman–Crippen LogP) is 2.33. The Kier molecular flexibility index (Phi) is 7.18. The van der Waals surface area contributed by atoms with Gasteiger partial charge in [-0.2, -0.15) is 0 Å². The van der Waals surface area contributed by atoms with E-state index in [0.29, 0.717) is 6.61 Å². The molecule has 19 heavy (non-hydrogen) atoms. The first-order chi connectivity index (χ1) is 9.28. The molecule has 0 saturated carbocycles. The molecule has 0 aromatic carbocycles. The number of aromatic nitrogens is 2. The zero-order valence-corrected chi connectivity index (χ0v) is 12.6. The summed E-state index contributed by atoms with van der Waals surface area (Å²) in [5.41, 5.74) is 1.21. The zero-order valence-electron chi connectivity index (χ0n) is 12.6. The quantitative estimate of drug-likeness (QED) is 0.743. The van der Waals surface area contributed by atoms with Gasteiger partial charge in [-0.3, -0.25) is 0 Å². The van der Waals surface area contributed by atoms with E-state index in [4.69, 9.17) is 4.74 Å². The molecule has 1 rings (SSSR count). The van der Waals surface area contributed by atoms with Crippen LogP contribution in [0.3, 0.4) is 0 Å². The smallest absolute Gasteiger partial charge is 0.137 e. The third kappa shape index (κ3) is 4.35. The molecule has 1 N–H and O–H groups in total. The Balaban J connectivity index is 3.04. The number of nitrogens with one attached hydrogen (secondary N) is 1. The van der Waals surface area contributed by atoms with E-state index in [2.05, 4.69) is 41.0 Å². The van der Waals surface area contributed by atoms with Gasteiger partial charge in [0.2, 0.25) is 0 Å². The van der Waals surface area contributed by atoms with Crippen molar-refractivity contribution < 1.29 is 4.74 Å². The predicted molar refractivity (Wildman–Crippen MR) is 80.0 cm³/mol. The van der Waals surface area contributed by atoms with Crippen LogP contribution in [-0.4, -0.2) is 43.3 Å². The van der Waals surface area contributed by atoms with Crippen LogP contribution in [0.15, 0.2) is 6.33 Å². The highest BCUT2D eigenvalue weighted by Crippen LogP contribution is 2.24. The molecule has 0 spiro atoms.